The third kappa shape index (κ3) is 12.9. The maximum absolute atomic E-state index is 14.0. The second kappa shape index (κ2) is 19.1. The number of benzene rings is 3. The van der Waals surface area contributed by atoms with Crippen molar-refractivity contribution in [3.05, 3.63) is 71.0 Å². The summed E-state index contributed by atoms with van der Waals surface area (Å²) in [5.74, 6) is -0.751. The van der Waals surface area contributed by atoms with E-state index in [1.807, 2.05) is 0 Å². The van der Waals surface area contributed by atoms with Gasteiger partial charge in [0.1, 0.15) is 23.4 Å². The summed E-state index contributed by atoms with van der Waals surface area (Å²) in [5, 5.41) is 36.1. The van der Waals surface area contributed by atoms with Crippen molar-refractivity contribution >= 4 is 39.1 Å². The number of phenols is 2. The molecule has 274 valence electrons. The molecule has 3 aromatic rings. The largest absolute Gasteiger partial charge is 0.506 e. The average Bonchev–Trinajstić information content (AvgIpc) is 3.06. The first kappa shape index (κ1) is 39.2. The fraction of sp³-hybridized carbons (Fsp3) is 0.472. The molecule has 0 saturated carbocycles. The standard InChI is InChI=1S/C36H48ClFN4O7S/c1-50(47,48)41-32-22-26(10-14-34(32)44)35(45)24-39-17-7-5-3-2-4-6-8-18-42-19-15-28(16-20-42)49-36(46)40-31-12-11-27(38)23-29(31)25-9-13-33(43)30(37)21-25/h9-14,21-23,28,35,39,41,43-45H,2-8,15-20,24H2,1H3,(H,40,46)/t35-/m0/s1. The number of nitrogens with one attached hydrogen (secondary N) is 3. The first-order chi connectivity index (χ1) is 23.9. The number of rotatable bonds is 18. The van der Waals surface area contributed by atoms with Crippen LogP contribution in [0, 0.1) is 5.82 Å². The summed E-state index contributed by atoms with van der Waals surface area (Å²) in [4.78, 5) is 15.1. The first-order valence-electron chi connectivity index (χ1n) is 17.1. The molecule has 0 aliphatic carbocycles. The number of nitrogens with zero attached hydrogens (tertiary/aromatic N) is 1. The summed E-state index contributed by atoms with van der Waals surface area (Å²) in [6.45, 7) is 3.84. The number of amides is 1. The van der Waals surface area contributed by atoms with E-state index in [4.69, 9.17) is 16.3 Å². The summed E-state index contributed by atoms with van der Waals surface area (Å²) in [6, 6.07) is 12.9. The first-order valence-corrected chi connectivity index (χ1v) is 19.3. The number of likely N-dealkylation sites (tertiary alicyclic amines) is 1. The van der Waals surface area contributed by atoms with E-state index >= 15 is 0 Å². The molecule has 1 aliphatic heterocycles. The van der Waals surface area contributed by atoms with Crippen molar-refractivity contribution < 1.29 is 37.7 Å². The van der Waals surface area contributed by atoms with Crippen LogP contribution in [0.4, 0.5) is 20.6 Å². The summed E-state index contributed by atoms with van der Waals surface area (Å²) < 4.78 is 44.9. The minimum Gasteiger partial charge on any atom is -0.506 e. The molecule has 1 aliphatic rings. The number of unbranched alkanes of at least 4 members (excludes halogenated alkanes) is 6. The highest BCUT2D eigenvalue weighted by atomic mass is 35.5. The zero-order valence-electron chi connectivity index (χ0n) is 28.3. The number of aliphatic hydroxyl groups is 1. The van der Waals surface area contributed by atoms with Crippen molar-refractivity contribution in [3.8, 4) is 22.6 Å². The highest BCUT2D eigenvalue weighted by Crippen LogP contribution is 2.34. The highest BCUT2D eigenvalue weighted by Gasteiger charge is 2.23. The maximum atomic E-state index is 14.0. The van der Waals surface area contributed by atoms with Gasteiger partial charge < -0.3 is 30.3 Å². The predicted molar refractivity (Wildman–Crippen MR) is 195 cm³/mol. The van der Waals surface area contributed by atoms with Gasteiger partial charge >= 0.3 is 6.09 Å². The van der Waals surface area contributed by atoms with E-state index in [-0.39, 0.29) is 28.3 Å². The molecule has 0 spiro atoms. The van der Waals surface area contributed by atoms with Gasteiger partial charge in [-0.3, -0.25) is 10.0 Å². The Labute approximate surface area is 298 Å². The number of hydrogen-bond donors (Lipinski definition) is 6. The zero-order chi connectivity index (χ0) is 36.1. The molecule has 0 aromatic heterocycles. The Kier molecular flexibility index (Phi) is 15.0. The zero-order valence-corrected chi connectivity index (χ0v) is 29.9. The topological polar surface area (TPSA) is 160 Å². The van der Waals surface area contributed by atoms with Gasteiger partial charge in [0, 0.05) is 25.2 Å². The molecule has 1 saturated heterocycles. The van der Waals surface area contributed by atoms with Crippen molar-refractivity contribution in [2.45, 2.75) is 70.0 Å². The third-order valence-corrected chi connectivity index (χ3v) is 9.55. The summed E-state index contributed by atoms with van der Waals surface area (Å²) >= 11 is 6.04. The SMILES string of the molecule is CS(=O)(=O)Nc1cc([C@@H](O)CNCCCCCCCCCN2CCC(OC(=O)Nc3ccc(F)cc3-c3ccc(O)c(Cl)c3)CC2)ccc1O. The molecular formula is C36H48ClFN4O7S. The molecule has 14 heteroatoms. The number of ether oxygens (including phenoxy) is 1. The number of carbonyl (C=O) groups is 1. The van der Waals surface area contributed by atoms with Gasteiger partial charge in [-0.1, -0.05) is 55.8 Å². The Hall–Kier alpha value is -3.62. The van der Waals surface area contributed by atoms with E-state index in [0.717, 1.165) is 71.0 Å². The van der Waals surface area contributed by atoms with Gasteiger partial charge in [-0.2, -0.15) is 0 Å². The molecule has 1 fully saturated rings. The molecule has 0 radical (unpaired) electrons. The Balaban J connectivity index is 1.02. The van der Waals surface area contributed by atoms with Gasteiger partial charge in [-0.15, -0.1) is 0 Å². The quantitative estimate of drug-likeness (QED) is 0.0598. The third-order valence-electron chi connectivity index (χ3n) is 8.65. The van der Waals surface area contributed by atoms with Gasteiger partial charge in [-0.25, -0.2) is 17.6 Å². The normalized spacial score (nSPS) is 14.7. The molecule has 0 bridgehead atoms. The average molecular weight is 735 g/mol. The molecule has 1 atom stereocenters. The van der Waals surface area contributed by atoms with E-state index in [9.17, 15) is 32.9 Å². The smallest absolute Gasteiger partial charge is 0.411 e. The molecule has 1 amide bonds. The molecule has 50 heavy (non-hydrogen) atoms. The van der Waals surface area contributed by atoms with E-state index in [1.165, 1.54) is 61.7 Å². The molecule has 6 N–H and O–H groups in total. The fourth-order valence-corrected chi connectivity index (χ4v) is 6.69. The molecule has 11 nitrogen and oxygen atoms in total. The number of hydrogen-bond acceptors (Lipinski definition) is 9. The van der Waals surface area contributed by atoms with E-state index in [1.54, 1.807) is 12.1 Å². The van der Waals surface area contributed by atoms with E-state index in [2.05, 4.69) is 20.3 Å². The number of carbonyl (C=O) groups excluding carboxylic acids is 1. The van der Waals surface area contributed by atoms with Crippen LogP contribution in [0.1, 0.15) is 69.5 Å². The molecular weight excluding hydrogens is 687 g/mol. The van der Waals surface area contributed by atoms with Crippen LogP contribution in [-0.2, 0) is 14.8 Å². The Morgan fingerprint density at radius 1 is 0.940 bits per heavy atom. The minimum absolute atomic E-state index is 0.0418. The van der Waals surface area contributed by atoms with Crippen LogP contribution < -0.4 is 15.4 Å². The van der Waals surface area contributed by atoms with Crippen molar-refractivity contribution in [2.75, 3.05) is 49.0 Å². The Bertz CT molecular complexity index is 1670. The molecule has 4 rings (SSSR count). The minimum atomic E-state index is -3.55. The van der Waals surface area contributed by atoms with Crippen molar-refractivity contribution in [1.82, 2.24) is 10.2 Å². The number of halogens is 2. The highest BCUT2D eigenvalue weighted by molar-refractivity contribution is 7.92. The van der Waals surface area contributed by atoms with Crippen molar-refractivity contribution in [1.29, 1.82) is 0 Å². The predicted octanol–water partition coefficient (Wildman–Crippen LogP) is 7.00. The summed E-state index contributed by atoms with van der Waals surface area (Å²) in [5.41, 5.74) is 1.92. The van der Waals surface area contributed by atoms with Crippen LogP contribution >= 0.6 is 11.6 Å². The second-order valence-electron chi connectivity index (χ2n) is 12.8. The second-order valence-corrected chi connectivity index (χ2v) is 14.9. The number of piperidine rings is 1. The lowest BCUT2D eigenvalue weighted by Crippen LogP contribution is -2.38. The van der Waals surface area contributed by atoms with Crippen LogP contribution in [0.5, 0.6) is 11.5 Å². The number of sulfonamides is 1. The van der Waals surface area contributed by atoms with Gasteiger partial charge in [-0.05, 0) is 92.4 Å². The van der Waals surface area contributed by atoms with Gasteiger partial charge in [0.05, 0.1) is 28.8 Å². The van der Waals surface area contributed by atoms with Gasteiger partial charge in [0.2, 0.25) is 10.0 Å². The Morgan fingerprint density at radius 2 is 1.62 bits per heavy atom. The molecule has 0 unspecified atom stereocenters. The van der Waals surface area contributed by atoms with Crippen LogP contribution in [0.3, 0.4) is 0 Å². The lowest BCUT2D eigenvalue weighted by molar-refractivity contribution is 0.0584. The lowest BCUT2D eigenvalue weighted by atomic mass is 10.0. The van der Waals surface area contributed by atoms with Crippen molar-refractivity contribution in [3.63, 3.8) is 0 Å². The van der Waals surface area contributed by atoms with Gasteiger partial charge in [0.15, 0.2) is 0 Å². The maximum Gasteiger partial charge on any atom is 0.411 e. The van der Waals surface area contributed by atoms with Gasteiger partial charge in [0.25, 0.3) is 0 Å². The number of anilines is 2. The number of aromatic hydroxyl groups is 2. The number of aliphatic hydroxyl groups excluding tert-OH is 1. The summed E-state index contributed by atoms with van der Waals surface area (Å²) in [7, 11) is -3.55. The monoisotopic (exact) mass is 734 g/mol. The molecule has 1 heterocycles. The number of phenolic OH excluding ortho intramolecular Hbond substituents is 2. The molecule has 3 aromatic carbocycles. The van der Waals surface area contributed by atoms with Crippen LogP contribution in [0.25, 0.3) is 11.1 Å². The van der Waals surface area contributed by atoms with Crippen LogP contribution in [0.15, 0.2) is 54.6 Å². The van der Waals surface area contributed by atoms with E-state index < -0.39 is 28.0 Å². The van der Waals surface area contributed by atoms with Crippen molar-refractivity contribution in [2.24, 2.45) is 0 Å². The van der Waals surface area contributed by atoms with Crippen LogP contribution in [0.2, 0.25) is 5.02 Å². The summed E-state index contributed by atoms with van der Waals surface area (Å²) in [6.07, 6.45) is 8.77. The fourth-order valence-electron chi connectivity index (χ4n) is 5.95. The lowest BCUT2D eigenvalue weighted by Gasteiger charge is -2.31. The van der Waals surface area contributed by atoms with E-state index in [0.29, 0.717) is 28.9 Å². The van der Waals surface area contributed by atoms with Crippen LogP contribution in [-0.4, -0.2) is 79.8 Å². The Morgan fingerprint density at radius 3 is 2.32 bits per heavy atom.